The van der Waals surface area contributed by atoms with Crippen LogP contribution >= 0.6 is 0 Å². The van der Waals surface area contributed by atoms with Gasteiger partial charge in [0, 0.05) is 0 Å². The number of hydrogen-bond acceptors (Lipinski definition) is 5. The lowest BCUT2D eigenvalue weighted by Gasteiger charge is -2.03. The molecule has 0 saturated carbocycles. The Labute approximate surface area is 97.4 Å². The van der Waals surface area contributed by atoms with Gasteiger partial charge in [0.05, 0.1) is 6.04 Å². The van der Waals surface area contributed by atoms with Crippen LogP contribution in [-0.4, -0.2) is 10.1 Å². The highest BCUT2D eigenvalue weighted by Gasteiger charge is 2.11. The molecule has 1 aromatic carbocycles. The molecule has 2 aromatic rings. The summed E-state index contributed by atoms with van der Waals surface area (Å²) in [5.41, 5.74) is 5.56. The molecule has 0 amide bonds. The maximum Gasteiger partial charge on any atom is 0.243 e. The molecule has 0 fully saturated rings. The van der Waals surface area contributed by atoms with Crippen molar-refractivity contribution < 1.29 is 13.7 Å². The zero-order valence-corrected chi connectivity index (χ0v) is 9.26. The fourth-order valence-corrected chi connectivity index (χ4v) is 1.22. The fraction of sp³-hybridized carbons (Fsp3) is 0.273. The highest BCUT2D eigenvalue weighted by Crippen LogP contribution is 2.16. The van der Waals surface area contributed by atoms with E-state index < -0.39 is 5.82 Å². The number of halogens is 1. The van der Waals surface area contributed by atoms with Crippen LogP contribution in [0.15, 0.2) is 28.8 Å². The average molecular weight is 237 g/mol. The molecule has 2 N–H and O–H groups in total. The second-order valence-corrected chi connectivity index (χ2v) is 3.56. The normalized spacial score (nSPS) is 12.4. The first kappa shape index (κ1) is 11.5. The molecule has 1 heterocycles. The molecular formula is C11H12FN3O2. The van der Waals surface area contributed by atoms with E-state index in [1.807, 2.05) is 0 Å². The highest BCUT2D eigenvalue weighted by atomic mass is 19.1. The topological polar surface area (TPSA) is 74.2 Å². The molecule has 0 aliphatic rings. The van der Waals surface area contributed by atoms with Gasteiger partial charge in [0.15, 0.2) is 18.2 Å². The first-order valence-electron chi connectivity index (χ1n) is 5.12. The second kappa shape index (κ2) is 4.92. The molecule has 2 rings (SSSR count). The molecule has 17 heavy (non-hydrogen) atoms. The number of benzene rings is 1. The van der Waals surface area contributed by atoms with Gasteiger partial charge in [0.2, 0.25) is 11.7 Å². The van der Waals surface area contributed by atoms with Gasteiger partial charge in [0.1, 0.15) is 0 Å². The van der Waals surface area contributed by atoms with Crippen LogP contribution in [0.3, 0.4) is 0 Å². The minimum atomic E-state index is -0.427. The van der Waals surface area contributed by atoms with Crippen molar-refractivity contribution in [2.75, 3.05) is 0 Å². The van der Waals surface area contributed by atoms with Gasteiger partial charge in [-0.15, -0.1) is 0 Å². The Morgan fingerprint density at radius 1 is 1.47 bits per heavy atom. The van der Waals surface area contributed by atoms with Gasteiger partial charge in [-0.05, 0) is 19.1 Å². The van der Waals surface area contributed by atoms with Crippen LogP contribution in [0.4, 0.5) is 4.39 Å². The molecule has 1 aromatic heterocycles. The third-order valence-corrected chi connectivity index (χ3v) is 2.07. The van der Waals surface area contributed by atoms with Crippen molar-refractivity contribution in [2.24, 2.45) is 5.73 Å². The molecule has 0 radical (unpaired) electrons. The number of nitrogens with zero attached hydrogens (tertiary/aromatic N) is 2. The molecule has 0 aliphatic heterocycles. The molecule has 1 atom stereocenters. The van der Waals surface area contributed by atoms with Crippen molar-refractivity contribution in [3.8, 4) is 5.75 Å². The Bertz CT molecular complexity index is 499. The molecule has 0 aliphatic carbocycles. The summed E-state index contributed by atoms with van der Waals surface area (Å²) in [5, 5.41) is 3.67. The summed E-state index contributed by atoms with van der Waals surface area (Å²) < 4.78 is 23.3. The molecule has 0 spiro atoms. The molecule has 90 valence electrons. The van der Waals surface area contributed by atoms with Crippen molar-refractivity contribution in [3.63, 3.8) is 0 Å². The summed E-state index contributed by atoms with van der Waals surface area (Å²) >= 11 is 0. The zero-order valence-electron chi connectivity index (χ0n) is 9.26. The lowest BCUT2D eigenvalue weighted by atomic mass is 10.3. The van der Waals surface area contributed by atoms with Gasteiger partial charge in [-0.25, -0.2) is 4.39 Å². The van der Waals surface area contributed by atoms with Crippen LogP contribution in [0.5, 0.6) is 5.75 Å². The maximum atomic E-state index is 13.2. The lowest BCUT2D eigenvalue weighted by Crippen LogP contribution is -2.05. The van der Waals surface area contributed by atoms with Crippen molar-refractivity contribution in [2.45, 2.75) is 19.6 Å². The summed E-state index contributed by atoms with van der Waals surface area (Å²) in [7, 11) is 0. The van der Waals surface area contributed by atoms with E-state index in [0.29, 0.717) is 11.7 Å². The van der Waals surface area contributed by atoms with Gasteiger partial charge in [-0.2, -0.15) is 4.98 Å². The fourth-order valence-electron chi connectivity index (χ4n) is 1.22. The summed E-state index contributed by atoms with van der Waals surface area (Å²) in [6.45, 7) is 1.77. The van der Waals surface area contributed by atoms with Crippen molar-refractivity contribution in [1.82, 2.24) is 10.1 Å². The first-order valence-corrected chi connectivity index (χ1v) is 5.12. The second-order valence-electron chi connectivity index (χ2n) is 3.56. The number of aromatic nitrogens is 2. The average Bonchev–Trinajstić information content (AvgIpc) is 2.77. The van der Waals surface area contributed by atoms with Crippen LogP contribution in [-0.2, 0) is 6.61 Å². The van der Waals surface area contributed by atoms with E-state index in [2.05, 4.69) is 10.1 Å². The van der Waals surface area contributed by atoms with Gasteiger partial charge in [-0.3, -0.25) is 0 Å². The summed E-state index contributed by atoms with van der Waals surface area (Å²) in [6.07, 6.45) is 0. The Morgan fingerprint density at radius 3 is 2.88 bits per heavy atom. The van der Waals surface area contributed by atoms with Crippen LogP contribution in [0, 0.1) is 5.82 Å². The van der Waals surface area contributed by atoms with Crippen molar-refractivity contribution in [3.05, 3.63) is 41.8 Å². The van der Waals surface area contributed by atoms with Crippen molar-refractivity contribution in [1.29, 1.82) is 0 Å². The molecule has 1 unspecified atom stereocenters. The Balaban J connectivity index is 2.00. The van der Waals surface area contributed by atoms with E-state index >= 15 is 0 Å². The number of ether oxygens (including phenoxy) is 1. The van der Waals surface area contributed by atoms with Crippen LogP contribution in [0.2, 0.25) is 0 Å². The van der Waals surface area contributed by atoms with Crippen molar-refractivity contribution >= 4 is 0 Å². The van der Waals surface area contributed by atoms with Crippen LogP contribution < -0.4 is 10.5 Å². The smallest absolute Gasteiger partial charge is 0.243 e. The number of nitrogens with two attached hydrogens (primary N) is 1. The van der Waals surface area contributed by atoms with Crippen LogP contribution in [0.1, 0.15) is 24.7 Å². The molecule has 0 bridgehead atoms. The lowest BCUT2D eigenvalue weighted by molar-refractivity contribution is 0.272. The Kier molecular flexibility index (Phi) is 3.34. The maximum absolute atomic E-state index is 13.2. The number of hydrogen-bond donors (Lipinski definition) is 1. The zero-order chi connectivity index (χ0) is 12.3. The van der Waals surface area contributed by atoms with E-state index in [4.69, 9.17) is 15.0 Å². The summed E-state index contributed by atoms with van der Waals surface area (Å²) in [5.74, 6) is 0.390. The van der Waals surface area contributed by atoms with E-state index in [-0.39, 0.29) is 18.4 Å². The summed E-state index contributed by atoms with van der Waals surface area (Å²) in [6, 6.07) is 5.79. The van der Waals surface area contributed by atoms with Gasteiger partial charge in [-0.1, -0.05) is 17.3 Å². The minimum Gasteiger partial charge on any atom is -0.482 e. The standard InChI is InChI=1S/C11H12FN3O2/c1-7(13)11-14-10(15-17-11)6-16-9-5-3-2-4-8(9)12/h2-5,7H,6,13H2,1H3. The summed E-state index contributed by atoms with van der Waals surface area (Å²) in [4.78, 5) is 4.00. The monoisotopic (exact) mass is 237 g/mol. The SMILES string of the molecule is CC(N)c1nc(COc2ccccc2F)no1. The third kappa shape index (κ3) is 2.79. The van der Waals surface area contributed by atoms with Gasteiger partial charge < -0.3 is 15.0 Å². The van der Waals surface area contributed by atoms with Crippen LogP contribution in [0.25, 0.3) is 0 Å². The predicted molar refractivity (Wildman–Crippen MR) is 57.6 cm³/mol. The predicted octanol–water partition coefficient (Wildman–Crippen LogP) is 1.81. The quantitative estimate of drug-likeness (QED) is 0.877. The number of rotatable bonds is 4. The van der Waals surface area contributed by atoms with E-state index in [0.717, 1.165) is 0 Å². The largest absolute Gasteiger partial charge is 0.482 e. The third-order valence-electron chi connectivity index (χ3n) is 2.07. The number of para-hydroxylation sites is 1. The van der Waals surface area contributed by atoms with Gasteiger partial charge >= 0.3 is 0 Å². The Hall–Kier alpha value is -1.95. The van der Waals surface area contributed by atoms with E-state index in [1.165, 1.54) is 12.1 Å². The molecule has 0 saturated heterocycles. The highest BCUT2D eigenvalue weighted by molar-refractivity contribution is 5.23. The molecular weight excluding hydrogens is 225 g/mol. The van der Waals surface area contributed by atoms with E-state index in [9.17, 15) is 4.39 Å². The molecule has 6 heteroatoms. The van der Waals surface area contributed by atoms with Gasteiger partial charge in [0.25, 0.3) is 0 Å². The first-order chi connectivity index (χ1) is 8.16. The minimum absolute atomic E-state index is 0.0388. The molecule has 5 nitrogen and oxygen atoms in total. The Morgan fingerprint density at radius 2 is 2.24 bits per heavy atom. The van der Waals surface area contributed by atoms with E-state index in [1.54, 1.807) is 19.1 Å².